The van der Waals surface area contributed by atoms with Crippen molar-refractivity contribution in [1.82, 2.24) is 10.2 Å². The summed E-state index contributed by atoms with van der Waals surface area (Å²) in [5, 5.41) is 11.3. The Balaban J connectivity index is 1.82. The van der Waals surface area contributed by atoms with Crippen molar-refractivity contribution in [3.8, 4) is 5.75 Å². The summed E-state index contributed by atoms with van der Waals surface area (Å²) in [6.07, 6.45) is 2.30. The number of aromatic nitrogens is 2. The smallest absolute Gasteiger partial charge is 0.264 e. The molecule has 0 saturated heterocycles. The fourth-order valence-corrected chi connectivity index (χ4v) is 4.35. The van der Waals surface area contributed by atoms with Crippen LogP contribution in [-0.4, -0.2) is 28.5 Å². The first-order valence-corrected chi connectivity index (χ1v) is 10.8. The maximum Gasteiger partial charge on any atom is 0.264 e. The fourth-order valence-electron chi connectivity index (χ4n) is 1.91. The van der Waals surface area contributed by atoms with Crippen molar-refractivity contribution < 1.29 is 9.53 Å². The molecule has 1 amide bonds. The van der Waals surface area contributed by atoms with Crippen molar-refractivity contribution in [2.24, 2.45) is 0 Å². The largest absolute Gasteiger partial charge is 0.483 e. The van der Waals surface area contributed by atoms with Crippen LogP contribution in [0.2, 0.25) is 0 Å². The standard InChI is InChI=1S/C17H22BrN3O2S2/c1-4-5-8-24-17-21-20-16(25-17)19-15(22)10-23-14-7-6-12(11(2)3)9-13(14)18/h6-7,9,11H,4-5,8,10H2,1-3H3,(H,19,20,22). The molecule has 25 heavy (non-hydrogen) atoms. The van der Waals surface area contributed by atoms with E-state index < -0.39 is 0 Å². The van der Waals surface area contributed by atoms with Gasteiger partial charge in [0.25, 0.3) is 5.91 Å². The molecule has 0 atom stereocenters. The molecule has 0 bridgehead atoms. The van der Waals surface area contributed by atoms with Crippen molar-refractivity contribution in [2.45, 2.75) is 43.9 Å². The summed E-state index contributed by atoms with van der Waals surface area (Å²) >= 11 is 6.54. The third kappa shape index (κ3) is 6.60. The molecule has 0 fully saturated rings. The van der Waals surface area contributed by atoms with Crippen molar-refractivity contribution in [3.05, 3.63) is 28.2 Å². The Kier molecular flexibility index (Phi) is 8.18. The van der Waals surface area contributed by atoms with Crippen LogP contribution in [0.4, 0.5) is 5.13 Å². The number of unbranched alkanes of at least 4 members (excludes halogenated alkanes) is 1. The van der Waals surface area contributed by atoms with Crippen LogP contribution in [0.3, 0.4) is 0 Å². The molecule has 0 unspecified atom stereocenters. The molecule has 8 heteroatoms. The Morgan fingerprint density at radius 2 is 2.20 bits per heavy atom. The van der Waals surface area contributed by atoms with E-state index in [9.17, 15) is 4.79 Å². The topological polar surface area (TPSA) is 64.1 Å². The maximum atomic E-state index is 12.0. The molecule has 1 aromatic carbocycles. The lowest BCUT2D eigenvalue weighted by Crippen LogP contribution is -2.20. The quantitative estimate of drug-likeness (QED) is 0.322. The van der Waals surface area contributed by atoms with Gasteiger partial charge in [-0.05, 0) is 46.0 Å². The SMILES string of the molecule is CCCCSc1nnc(NC(=O)COc2ccc(C(C)C)cc2Br)s1. The molecule has 0 saturated carbocycles. The van der Waals surface area contributed by atoms with Gasteiger partial charge < -0.3 is 4.74 Å². The number of nitrogens with zero attached hydrogens (tertiary/aromatic N) is 2. The molecule has 1 N–H and O–H groups in total. The predicted molar refractivity (Wildman–Crippen MR) is 108 cm³/mol. The fraction of sp³-hybridized carbons (Fsp3) is 0.471. The second-order valence-corrected chi connectivity index (χ2v) is 8.93. The first-order valence-electron chi connectivity index (χ1n) is 8.18. The molecule has 136 valence electrons. The van der Waals surface area contributed by atoms with Crippen LogP contribution in [0.25, 0.3) is 0 Å². The number of carbonyl (C=O) groups is 1. The van der Waals surface area contributed by atoms with E-state index in [1.54, 1.807) is 11.8 Å². The highest BCUT2D eigenvalue weighted by molar-refractivity contribution is 9.10. The summed E-state index contributed by atoms with van der Waals surface area (Å²) in [6, 6.07) is 5.90. The number of thioether (sulfide) groups is 1. The van der Waals surface area contributed by atoms with E-state index in [2.05, 4.69) is 52.2 Å². The third-order valence-corrected chi connectivity index (χ3v) is 6.04. The van der Waals surface area contributed by atoms with Crippen LogP contribution in [-0.2, 0) is 4.79 Å². The van der Waals surface area contributed by atoms with E-state index in [-0.39, 0.29) is 12.5 Å². The van der Waals surface area contributed by atoms with E-state index in [1.807, 2.05) is 18.2 Å². The van der Waals surface area contributed by atoms with Crippen LogP contribution < -0.4 is 10.1 Å². The number of anilines is 1. The second-order valence-electron chi connectivity index (χ2n) is 5.76. The number of nitrogens with one attached hydrogen (secondary N) is 1. The number of carbonyl (C=O) groups excluding carboxylic acids is 1. The summed E-state index contributed by atoms with van der Waals surface area (Å²) in [6.45, 7) is 6.35. The van der Waals surface area contributed by atoms with Crippen LogP contribution in [0, 0.1) is 0 Å². The number of ether oxygens (including phenoxy) is 1. The Bertz CT molecular complexity index is 707. The lowest BCUT2D eigenvalue weighted by molar-refractivity contribution is -0.118. The molecule has 2 aromatic rings. The maximum absolute atomic E-state index is 12.0. The van der Waals surface area contributed by atoms with Crippen LogP contribution in [0.5, 0.6) is 5.75 Å². The van der Waals surface area contributed by atoms with Gasteiger partial charge in [0, 0.05) is 5.75 Å². The van der Waals surface area contributed by atoms with Gasteiger partial charge in [0.15, 0.2) is 10.9 Å². The van der Waals surface area contributed by atoms with Gasteiger partial charge in [0.2, 0.25) is 5.13 Å². The van der Waals surface area contributed by atoms with Gasteiger partial charge in [-0.3, -0.25) is 10.1 Å². The predicted octanol–water partition coefficient (Wildman–Crippen LogP) is 5.33. The Hall–Kier alpha value is -1.12. The Morgan fingerprint density at radius 1 is 1.40 bits per heavy atom. The minimum absolute atomic E-state index is 0.0719. The lowest BCUT2D eigenvalue weighted by atomic mass is 10.0. The summed E-state index contributed by atoms with van der Waals surface area (Å²) in [7, 11) is 0. The second kappa shape index (κ2) is 10.1. The van der Waals surface area contributed by atoms with Crippen LogP contribution in [0.1, 0.15) is 45.1 Å². The number of halogens is 1. The van der Waals surface area contributed by atoms with Crippen LogP contribution in [0.15, 0.2) is 27.0 Å². The molecule has 0 aliphatic carbocycles. The zero-order chi connectivity index (χ0) is 18.2. The molecule has 1 aromatic heterocycles. The molecule has 2 rings (SSSR count). The van der Waals surface area contributed by atoms with Gasteiger partial charge in [-0.2, -0.15) is 0 Å². The van der Waals surface area contributed by atoms with Gasteiger partial charge in [0.05, 0.1) is 4.47 Å². The minimum Gasteiger partial charge on any atom is -0.483 e. The first kappa shape index (κ1) is 20.2. The summed E-state index contributed by atoms with van der Waals surface area (Å²) in [5.41, 5.74) is 1.21. The molecule has 5 nitrogen and oxygen atoms in total. The molecule has 0 aliphatic rings. The van der Waals surface area contributed by atoms with Gasteiger partial charge in [-0.15, -0.1) is 10.2 Å². The van der Waals surface area contributed by atoms with E-state index in [4.69, 9.17) is 4.74 Å². The zero-order valence-electron chi connectivity index (χ0n) is 14.5. The molecular formula is C17H22BrN3O2S2. The number of amides is 1. The Labute approximate surface area is 165 Å². The van der Waals surface area contributed by atoms with Gasteiger partial charge in [-0.1, -0.05) is 56.4 Å². The molecule has 0 radical (unpaired) electrons. The monoisotopic (exact) mass is 443 g/mol. The van der Waals surface area contributed by atoms with E-state index in [0.717, 1.165) is 27.4 Å². The number of benzene rings is 1. The summed E-state index contributed by atoms with van der Waals surface area (Å²) < 4.78 is 7.30. The summed E-state index contributed by atoms with van der Waals surface area (Å²) in [4.78, 5) is 12.0. The highest BCUT2D eigenvalue weighted by atomic mass is 79.9. The van der Waals surface area contributed by atoms with Crippen molar-refractivity contribution in [1.29, 1.82) is 0 Å². The first-order chi connectivity index (χ1) is 12.0. The van der Waals surface area contributed by atoms with Gasteiger partial charge in [-0.25, -0.2) is 0 Å². The minimum atomic E-state index is -0.249. The van der Waals surface area contributed by atoms with Crippen LogP contribution >= 0.6 is 39.0 Å². The summed E-state index contributed by atoms with van der Waals surface area (Å²) in [5.74, 6) is 1.85. The number of hydrogen-bond acceptors (Lipinski definition) is 6. The van der Waals surface area contributed by atoms with Crippen molar-refractivity contribution in [2.75, 3.05) is 17.7 Å². The van der Waals surface area contributed by atoms with Gasteiger partial charge in [0.1, 0.15) is 5.75 Å². The lowest BCUT2D eigenvalue weighted by Gasteiger charge is -2.11. The van der Waals surface area contributed by atoms with E-state index in [0.29, 0.717) is 16.8 Å². The van der Waals surface area contributed by atoms with Crippen molar-refractivity contribution in [3.63, 3.8) is 0 Å². The van der Waals surface area contributed by atoms with E-state index >= 15 is 0 Å². The molecular weight excluding hydrogens is 422 g/mol. The normalized spacial score (nSPS) is 10.9. The number of rotatable bonds is 9. The van der Waals surface area contributed by atoms with E-state index in [1.165, 1.54) is 16.9 Å². The number of hydrogen-bond donors (Lipinski definition) is 1. The third-order valence-electron chi connectivity index (χ3n) is 3.36. The Morgan fingerprint density at radius 3 is 2.88 bits per heavy atom. The molecule has 1 heterocycles. The molecule has 0 spiro atoms. The van der Waals surface area contributed by atoms with Crippen molar-refractivity contribution >= 4 is 50.1 Å². The average Bonchev–Trinajstić information content (AvgIpc) is 3.01. The van der Waals surface area contributed by atoms with Gasteiger partial charge >= 0.3 is 0 Å². The molecule has 0 aliphatic heterocycles. The highest BCUT2D eigenvalue weighted by Gasteiger charge is 2.11. The highest BCUT2D eigenvalue weighted by Crippen LogP contribution is 2.29. The average molecular weight is 444 g/mol. The zero-order valence-corrected chi connectivity index (χ0v) is 17.8.